The van der Waals surface area contributed by atoms with Crippen molar-refractivity contribution in [1.82, 2.24) is 10.6 Å². The highest BCUT2D eigenvalue weighted by molar-refractivity contribution is 5.74. The van der Waals surface area contributed by atoms with Gasteiger partial charge in [-0.3, -0.25) is 0 Å². The van der Waals surface area contributed by atoms with Crippen LogP contribution in [0.2, 0.25) is 0 Å². The number of nitrogens with one attached hydrogen (secondary N) is 2. The highest BCUT2D eigenvalue weighted by atomic mass is 19.2. The summed E-state index contributed by atoms with van der Waals surface area (Å²) in [5.74, 6) is -1.40. The molecule has 24 heavy (non-hydrogen) atoms. The van der Waals surface area contributed by atoms with E-state index in [1.165, 1.54) is 6.07 Å². The summed E-state index contributed by atoms with van der Waals surface area (Å²) in [4.78, 5) is 13.9. The minimum absolute atomic E-state index is 0.0638. The van der Waals surface area contributed by atoms with Crippen LogP contribution in [0.1, 0.15) is 20.3 Å². The van der Waals surface area contributed by atoms with Crippen LogP contribution in [-0.2, 0) is 4.74 Å². The lowest BCUT2D eigenvalue weighted by Gasteiger charge is -2.21. The first-order chi connectivity index (χ1) is 11.4. The van der Waals surface area contributed by atoms with Crippen molar-refractivity contribution in [1.29, 1.82) is 0 Å². The summed E-state index contributed by atoms with van der Waals surface area (Å²) in [7, 11) is 1.60. The van der Waals surface area contributed by atoms with E-state index in [1.54, 1.807) is 13.2 Å². The molecular weight excluding hydrogens is 316 g/mol. The molecule has 2 amide bonds. The van der Waals surface area contributed by atoms with Gasteiger partial charge in [-0.1, -0.05) is 0 Å². The van der Waals surface area contributed by atoms with Gasteiger partial charge in [0.1, 0.15) is 0 Å². The van der Waals surface area contributed by atoms with E-state index in [-0.39, 0.29) is 24.1 Å². The first kappa shape index (κ1) is 18.4. The van der Waals surface area contributed by atoms with E-state index in [2.05, 4.69) is 10.6 Å². The molecule has 0 aromatic heterocycles. The van der Waals surface area contributed by atoms with Gasteiger partial charge in [0.2, 0.25) is 0 Å². The van der Waals surface area contributed by atoms with Gasteiger partial charge >= 0.3 is 6.03 Å². The SMILES string of the molecule is CO[C@H](C)[C@H](C)NC(=O)NC[C@H]1CCN(c2ccc(F)c(F)c2)C1. The first-order valence-electron chi connectivity index (χ1n) is 8.18. The Morgan fingerprint density at radius 1 is 1.38 bits per heavy atom. The van der Waals surface area contributed by atoms with Crippen LogP contribution >= 0.6 is 0 Å². The second kappa shape index (κ2) is 8.28. The molecule has 0 bridgehead atoms. The van der Waals surface area contributed by atoms with E-state index in [0.717, 1.165) is 19.0 Å². The van der Waals surface area contributed by atoms with Gasteiger partial charge in [0.25, 0.3) is 0 Å². The summed E-state index contributed by atoms with van der Waals surface area (Å²) in [6.45, 7) is 5.78. The second-order valence-electron chi connectivity index (χ2n) is 6.28. The quantitative estimate of drug-likeness (QED) is 0.836. The van der Waals surface area contributed by atoms with Crippen molar-refractivity contribution in [2.45, 2.75) is 32.4 Å². The average Bonchev–Trinajstić information content (AvgIpc) is 3.03. The van der Waals surface area contributed by atoms with Gasteiger partial charge in [0.15, 0.2) is 11.6 Å². The molecule has 2 N–H and O–H groups in total. The predicted molar refractivity (Wildman–Crippen MR) is 89.1 cm³/mol. The fraction of sp³-hybridized carbons (Fsp3) is 0.588. The molecule has 134 valence electrons. The van der Waals surface area contributed by atoms with Crippen molar-refractivity contribution in [3.63, 3.8) is 0 Å². The van der Waals surface area contributed by atoms with Crippen LogP contribution in [0.25, 0.3) is 0 Å². The van der Waals surface area contributed by atoms with Crippen molar-refractivity contribution in [2.24, 2.45) is 5.92 Å². The number of ether oxygens (including phenoxy) is 1. The fourth-order valence-corrected chi connectivity index (χ4v) is 2.73. The Kier molecular flexibility index (Phi) is 6.36. The summed E-state index contributed by atoms with van der Waals surface area (Å²) in [5, 5.41) is 5.69. The lowest BCUT2D eigenvalue weighted by atomic mass is 10.1. The van der Waals surface area contributed by atoms with Crippen LogP contribution in [0.3, 0.4) is 0 Å². The Labute approximate surface area is 141 Å². The molecule has 1 aromatic carbocycles. The molecular formula is C17H25F2N3O2. The third-order valence-corrected chi connectivity index (χ3v) is 4.54. The van der Waals surface area contributed by atoms with Crippen LogP contribution in [0, 0.1) is 17.6 Å². The molecule has 7 heteroatoms. The van der Waals surface area contributed by atoms with E-state index in [4.69, 9.17) is 4.74 Å². The molecule has 1 fully saturated rings. The molecule has 0 aliphatic carbocycles. The zero-order valence-electron chi connectivity index (χ0n) is 14.3. The third kappa shape index (κ3) is 4.80. The molecule has 1 heterocycles. The number of halogens is 2. The number of nitrogens with zero attached hydrogens (tertiary/aromatic N) is 1. The topological polar surface area (TPSA) is 53.6 Å². The number of carbonyl (C=O) groups excluding carboxylic acids is 1. The van der Waals surface area contributed by atoms with Crippen LogP contribution in [-0.4, -0.2) is 44.9 Å². The van der Waals surface area contributed by atoms with E-state index in [9.17, 15) is 13.6 Å². The fourth-order valence-electron chi connectivity index (χ4n) is 2.73. The highest BCUT2D eigenvalue weighted by Crippen LogP contribution is 2.24. The Morgan fingerprint density at radius 3 is 2.79 bits per heavy atom. The molecule has 1 saturated heterocycles. The summed E-state index contributed by atoms with van der Waals surface area (Å²) in [6, 6.07) is 3.62. The van der Waals surface area contributed by atoms with Gasteiger partial charge in [-0.2, -0.15) is 0 Å². The molecule has 1 aliphatic rings. The monoisotopic (exact) mass is 341 g/mol. The van der Waals surface area contributed by atoms with Crippen molar-refractivity contribution >= 4 is 11.7 Å². The number of urea groups is 1. The Hall–Kier alpha value is -1.89. The number of carbonyl (C=O) groups is 1. The number of amides is 2. The number of anilines is 1. The maximum atomic E-state index is 13.3. The number of hydrogen-bond acceptors (Lipinski definition) is 3. The van der Waals surface area contributed by atoms with Crippen molar-refractivity contribution in [2.75, 3.05) is 31.6 Å². The van der Waals surface area contributed by atoms with E-state index >= 15 is 0 Å². The standard InChI is InChI=1S/C17H25F2N3O2/c1-11(12(2)24-3)21-17(23)20-9-13-6-7-22(10-13)14-4-5-15(18)16(19)8-14/h4-5,8,11-13H,6-7,9-10H2,1-3H3,(H2,20,21,23)/t11-,12+,13+/m0/s1. The lowest BCUT2D eigenvalue weighted by Crippen LogP contribution is -2.47. The molecule has 0 spiro atoms. The molecule has 2 rings (SSSR count). The summed E-state index contributed by atoms with van der Waals surface area (Å²) >= 11 is 0. The molecule has 3 atom stereocenters. The van der Waals surface area contributed by atoms with Gasteiger partial charge in [0.05, 0.1) is 12.1 Å². The van der Waals surface area contributed by atoms with Crippen LogP contribution in [0.4, 0.5) is 19.3 Å². The Morgan fingerprint density at radius 2 is 2.12 bits per heavy atom. The maximum absolute atomic E-state index is 13.3. The Balaban J connectivity index is 1.77. The van der Waals surface area contributed by atoms with E-state index < -0.39 is 11.6 Å². The highest BCUT2D eigenvalue weighted by Gasteiger charge is 2.24. The normalized spacial score (nSPS) is 19.9. The first-order valence-corrected chi connectivity index (χ1v) is 8.18. The molecule has 0 radical (unpaired) electrons. The minimum Gasteiger partial charge on any atom is -0.380 e. The van der Waals surface area contributed by atoms with E-state index in [1.807, 2.05) is 18.7 Å². The molecule has 1 aliphatic heterocycles. The zero-order valence-corrected chi connectivity index (χ0v) is 14.3. The minimum atomic E-state index is -0.841. The maximum Gasteiger partial charge on any atom is 0.315 e. The van der Waals surface area contributed by atoms with Crippen molar-refractivity contribution < 1.29 is 18.3 Å². The lowest BCUT2D eigenvalue weighted by molar-refractivity contribution is 0.0911. The largest absolute Gasteiger partial charge is 0.380 e. The summed E-state index contributed by atoms with van der Waals surface area (Å²) < 4.78 is 31.5. The van der Waals surface area contributed by atoms with Gasteiger partial charge < -0.3 is 20.3 Å². The van der Waals surface area contributed by atoms with Gasteiger partial charge in [-0.15, -0.1) is 0 Å². The summed E-state index contributed by atoms with van der Waals surface area (Å²) in [6.07, 6.45) is 0.828. The number of rotatable bonds is 6. The molecule has 0 saturated carbocycles. The average molecular weight is 341 g/mol. The van der Waals surface area contributed by atoms with Gasteiger partial charge in [0, 0.05) is 38.5 Å². The van der Waals surface area contributed by atoms with Gasteiger partial charge in [-0.25, -0.2) is 13.6 Å². The molecule has 5 nitrogen and oxygen atoms in total. The number of methoxy groups -OCH3 is 1. The third-order valence-electron chi connectivity index (χ3n) is 4.54. The van der Waals surface area contributed by atoms with Crippen LogP contribution < -0.4 is 15.5 Å². The number of hydrogen-bond donors (Lipinski definition) is 2. The van der Waals surface area contributed by atoms with Crippen molar-refractivity contribution in [3.8, 4) is 0 Å². The second-order valence-corrected chi connectivity index (χ2v) is 6.28. The van der Waals surface area contributed by atoms with Gasteiger partial charge in [-0.05, 0) is 38.3 Å². The molecule has 0 unspecified atom stereocenters. The van der Waals surface area contributed by atoms with Crippen molar-refractivity contribution in [3.05, 3.63) is 29.8 Å². The number of benzene rings is 1. The van der Waals surface area contributed by atoms with Crippen LogP contribution in [0.15, 0.2) is 18.2 Å². The molecule has 1 aromatic rings. The van der Waals surface area contributed by atoms with E-state index in [0.29, 0.717) is 18.8 Å². The zero-order chi connectivity index (χ0) is 17.7. The smallest absolute Gasteiger partial charge is 0.315 e. The van der Waals surface area contributed by atoms with Crippen LogP contribution in [0.5, 0.6) is 0 Å². The predicted octanol–water partition coefficient (Wildman–Crippen LogP) is 2.51. The summed E-state index contributed by atoms with van der Waals surface area (Å²) in [5.41, 5.74) is 0.670. The Bertz CT molecular complexity index is 571.